The maximum atomic E-state index is 10.8. The van der Waals surface area contributed by atoms with Gasteiger partial charge < -0.3 is 28.5 Å². The van der Waals surface area contributed by atoms with E-state index < -0.39 is 32.6 Å². The molecule has 1 spiro atoms. The van der Waals surface area contributed by atoms with Crippen molar-refractivity contribution in [1.29, 1.82) is 0 Å². The van der Waals surface area contributed by atoms with Crippen molar-refractivity contribution in [3.63, 3.8) is 0 Å². The predicted octanol–water partition coefficient (Wildman–Crippen LogP) is 1.77. The SMILES string of the molecule is CC(C)(C)[Si](C)(C)O[C@@H]1[C@H]2O[C@H]3O[C@@H]([C@@H]2O)[C@]2(CCCO2)[C@H]1O3. The summed E-state index contributed by atoms with van der Waals surface area (Å²) in [6.07, 6.45) is -0.274. The molecule has 0 aromatic carbocycles. The van der Waals surface area contributed by atoms with Gasteiger partial charge in [-0.2, -0.15) is 0 Å². The highest BCUT2D eigenvalue weighted by Gasteiger charge is 2.71. The molecule has 0 radical (unpaired) electrons. The Morgan fingerprint density at radius 3 is 2.43 bits per heavy atom. The molecule has 5 aliphatic rings. The molecule has 4 saturated heterocycles. The minimum Gasteiger partial charge on any atom is -0.408 e. The lowest BCUT2D eigenvalue weighted by molar-refractivity contribution is -0.498. The van der Waals surface area contributed by atoms with Gasteiger partial charge in [0.2, 0.25) is 0 Å². The molecule has 0 amide bonds. The molecule has 4 aliphatic heterocycles. The van der Waals surface area contributed by atoms with Gasteiger partial charge in [-0.25, -0.2) is 0 Å². The van der Waals surface area contributed by atoms with E-state index in [1.807, 2.05) is 0 Å². The Morgan fingerprint density at radius 2 is 1.83 bits per heavy atom. The molecule has 0 aromatic rings. The van der Waals surface area contributed by atoms with Gasteiger partial charge in [0.15, 0.2) is 8.32 Å². The van der Waals surface area contributed by atoms with Gasteiger partial charge in [-0.1, -0.05) is 20.8 Å². The summed E-state index contributed by atoms with van der Waals surface area (Å²) >= 11 is 0. The Balaban J connectivity index is 1.67. The van der Waals surface area contributed by atoms with Crippen LogP contribution in [-0.4, -0.2) is 62.6 Å². The van der Waals surface area contributed by atoms with Gasteiger partial charge in [0.1, 0.15) is 36.1 Å². The summed E-state index contributed by atoms with van der Waals surface area (Å²) in [7, 11) is -2.03. The highest BCUT2D eigenvalue weighted by molar-refractivity contribution is 6.74. The fraction of sp³-hybridized carbons (Fsp3) is 1.00. The molecule has 23 heavy (non-hydrogen) atoms. The van der Waals surface area contributed by atoms with Crippen LogP contribution in [0.4, 0.5) is 0 Å². The highest BCUT2D eigenvalue weighted by atomic mass is 28.4. The topological polar surface area (TPSA) is 66.4 Å². The van der Waals surface area contributed by atoms with Crippen molar-refractivity contribution in [3.8, 4) is 0 Å². The van der Waals surface area contributed by atoms with Crippen LogP contribution in [0.1, 0.15) is 33.6 Å². The summed E-state index contributed by atoms with van der Waals surface area (Å²) in [5, 5.41) is 10.8. The van der Waals surface area contributed by atoms with Crippen LogP contribution in [0, 0.1) is 0 Å². The van der Waals surface area contributed by atoms with Gasteiger partial charge in [-0.05, 0) is 31.0 Å². The maximum absolute atomic E-state index is 10.8. The Kier molecular flexibility index (Phi) is 3.58. The van der Waals surface area contributed by atoms with Crippen LogP contribution >= 0.6 is 0 Å². The molecule has 1 saturated carbocycles. The van der Waals surface area contributed by atoms with Crippen molar-refractivity contribution in [1.82, 2.24) is 0 Å². The van der Waals surface area contributed by atoms with Crippen molar-refractivity contribution >= 4 is 8.32 Å². The maximum Gasteiger partial charge on any atom is 0.273 e. The fourth-order valence-electron chi connectivity index (χ4n) is 4.06. The van der Waals surface area contributed by atoms with Crippen molar-refractivity contribution in [2.75, 3.05) is 6.61 Å². The summed E-state index contributed by atoms with van der Waals surface area (Å²) in [6.45, 7) is 11.0. The molecule has 132 valence electrons. The molecule has 1 N–H and O–H groups in total. The predicted molar refractivity (Wildman–Crippen MR) is 84.4 cm³/mol. The Morgan fingerprint density at radius 1 is 1.13 bits per heavy atom. The number of hydrogen-bond acceptors (Lipinski definition) is 6. The number of aliphatic hydroxyl groups is 1. The molecule has 7 heteroatoms. The van der Waals surface area contributed by atoms with Crippen LogP contribution in [0.15, 0.2) is 0 Å². The average molecular weight is 344 g/mol. The van der Waals surface area contributed by atoms with Gasteiger partial charge in [-0.15, -0.1) is 0 Å². The first kappa shape index (κ1) is 16.4. The molecule has 1 aliphatic carbocycles. The second-order valence-corrected chi connectivity index (χ2v) is 13.5. The zero-order valence-electron chi connectivity index (χ0n) is 14.6. The minimum absolute atomic E-state index is 0.0762. The highest BCUT2D eigenvalue weighted by Crippen LogP contribution is 2.53. The zero-order chi connectivity index (χ0) is 16.6. The van der Waals surface area contributed by atoms with E-state index in [-0.39, 0.29) is 23.4 Å². The van der Waals surface area contributed by atoms with Crippen molar-refractivity contribution in [2.24, 2.45) is 0 Å². The average Bonchev–Trinajstić information content (AvgIpc) is 2.92. The Bertz CT molecular complexity index is 483. The molecule has 0 aromatic heterocycles. The number of aliphatic hydroxyl groups excluding tert-OH is 1. The second kappa shape index (κ2) is 5.00. The Hall–Kier alpha value is -0.0231. The first-order valence-electron chi connectivity index (χ1n) is 8.62. The second-order valence-electron chi connectivity index (χ2n) is 8.74. The molecule has 5 rings (SSSR count). The minimum atomic E-state index is -2.03. The molecule has 6 nitrogen and oxygen atoms in total. The summed E-state index contributed by atoms with van der Waals surface area (Å²) in [5.74, 6) is 0. The third-order valence-corrected chi connectivity index (χ3v) is 10.8. The third-order valence-electron chi connectivity index (χ3n) is 6.34. The van der Waals surface area contributed by atoms with Gasteiger partial charge in [0.25, 0.3) is 6.48 Å². The van der Waals surface area contributed by atoms with E-state index in [1.165, 1.54) is 0 Å². The monoisotopic (exact) mass is 344 g/mol. The number of hydrogen-bond donors (Lipinski definition) is 1. The van der Waals surface area contributed by atoms with E-state index in [0.29, 0.717) is 6.61 Å². The molecule has 5 fully saturated rings. The van der Waals surface area contributed by atoms with Crippen molar-refractivity contribution < 1.29 is 28.5 Å². The van der Waals surface area contributed by atoms with E-state index >= 15 is 0 Å². The smallest absolute Gasteiger partial charge is 0.273 e. The van der Waals surface area contributed by atoms with E-state index in [9.17, 15) is 5.11 Å². The van der Waals surface area contributed by atoms with Crippen molar-refractivity contribution in [3.05, 3.63) is 0 Å². The van der Waals surface area contributed by atoms with Gasteiger partial charge in [-0.3, -0.25) is 0 Å². The summed E-state index contributed by atoms with van der Waals surface area (Å²) in [5.41, 5.74) is -0.594. The fourth-order valence-corrected chi connectivity index (χ4v) is 5.35. The van der Waals surface area contributed by atoms with Gasteiger partial charge in [0.05, 0.1) is 0 Å². The summed E-state index contributed by atoms with van der Waals surface area (Å²) < 4.78 is 30.2. The first-order valence-corrected chi connectivity index (χ1v) is 11.5. The van der Waals surface area contributed by atoms with Crippen LogP contribution in [0.2, 0.25) is 18.1 Å². The lowest BCUT2D eigenvalue weighted by Gasteiger charge is -2.63. The van der Waals surface area contributed by atoms with E-state index in [0.717, 1.165) is 12.8 Å². The van der Waals surface area contributed by atoms with Crippen LogP contribution in [0.25, 0.3) is 0 Å². The van der Waals surface area contributed by atoms with Crippen LogP contribution in [0.5, 0.6) is 0 Å². The molecule has 0 unspecified atom stereocenters. The van der Waals surface area contributed by atoms with E-state index in [2.05, 4.69) is 33.9 Å². The molecule has 4 bridgehead atoms. The molecular weight excluding hydrogens is 316 g/mol. The third kappa shape index (κ3) is 2.21. The van der Waals surface area contributed by atoms with Gasteiger partial charge in [0, 0.05) is 6.61 Å². The lowest BCUT2D eigenvalue weighted by atomic mass is 9.72. The van der Waals surface area contributed by atoms with E-state index in [4.69, 9.17) is 23.4 Å². The number of rotatable bonds is 2. The summed E-state index contributed by atoms with van der Waals surface area (Å²) in [4.78, 5) is 0. The zero-order valence-corrected chi connectivity index (χ0v) is 15.6. The number of ether oxygens (including phenoxy) is 4. The standard InChI is InChI=1S/C16H28O6Si/c1-15(2,3)23(4,5)22-11-10-9(17)12-16(7-6-8-18-16)13(11)21-14(19-10)20-12/h9-14,17H,6-8H2,1-5H3/t9-,10+,11-,12+,13+,14+,16-/m1/s1. The normalized spacial score (nSPS) is 49.3. The van der Waals surface area contributed by atoms with E-state index in [1.54, 1.807) is 0 Å². The largest absolute Gasteiger partial charge is 0.408 e. The molecular formula is C16H28O6Si. The first-order chi connectivity index (χ1) is 10.7. The van der Waals surface area contributed by atoms with Crippen molar-refractivity contribution in [2.45, 2.75) is 94.3 Å². The summed E-state index contributed by atoms with van der Waals surface area (Å²) in [6, 6.07) is 0. The van der Waals surface area contributed by atoms with Crippen LogP contribution < -0.4 is 0 Å². The quantitative estimate of drug-likeness (QED) is 0.770. The Labute approximate surface area is 138 Å². The van der Waals surface area contributed by atoms with Gasteiger partial charge >= 0.3 is 0 Å². The van der Waals surface area contributed by atoms with Crippen LogP contribution in [-0.2, 0) is 23.4 Å². The van der Waals surface area contributed by atoms with Crippen LogP contribution in [0.3, 0.4) is 0 Å². The molecule has 7 atom stereocenters. The lowest BCUT2D eigenvalue weighted by Crippen LogP contribution is -2.81. The molecule has 4 heterocycles.